The number of amidine groups is 1. The van der Waals surface area contributed by atoms with E-state index in [-0.39, 0.29) is 36.2 Å². The fourth-order valence-electron chi connectivity index (χ4n) is 2.92. The minimum absolute atomic E-state index is 0.0902. The summed E-state index contributed by atoms with van der Waals surface area (Å²) in [4.78, 5) is 27.0. The molecule has 0 aliphatic carbocycles. The van der Waals surface area contributed by atoms with Crippen LogP contribution in [0.25, 0.3) is 0 Å². The molecule has 0 bridgehead atoms. The molecule has 3 heterocycles. The molecule has 9 heteroatoms. The molecular formula is C14H17N3O5S. The number of hydrogen-bond acceptors (Lipinski definition) is 5. The highest BCUT2D eigenvalue weighted by atomic mass is 32.2. The van der Waals surface area contributed by atoms with Gasteiger partial charge in [-0.15, -0.1) is 4.40 Å². The van der Waals surface area contributed by atoms with E-state index >= 15 is 0 Å². The normalized spacial score (nSPS) is 26.2. The van der Waals surface area contributed by atoms with Crippen LogP contribution in [-0.2, 0) is 19.6 Å². The van der Waals surface area contributed by atoms with Crippen molar-refractivity contribution in [2.45, 2.75) is 12.8 Å². The van der Waals surface area contributed by atoms with Crippen molar-refractivity contribution >= 4 is 27.7 Å². The predicted molar refractivity (Wildman–Crippen MR) is 82.1 cm³/mol. The van der Waals surface area contributed by atoms with Crippen LogP contribution >= 0.6 is 0 Å². The summed E-state index contributed by atoms with van der Waals surface area (Å²) in [5.74, 6) is -1.84. The Morgan fingerprint density at radius 2 is 2.09 bits per heavy atom. The van der Waals surface area contributed by atoms with Gasteiger partial charge in [-0.3, -0.25) is 9.59 Å². The molecule has 3 aliphatic heterocycles. The minimum Gasteiger partial charge on any atom is -0.481 e. The first-order chi connectivity index (χ1) is 10.9. The van der Waals surface area contributed by atoms with Crippen molar-refractivity contribution < 1.29 is 23.1 Å². The third kappa shape index (κ3) is 3.14. The van der Waals surface area contributed by atoms with Crippen molar-refractivity contribution in [3.05, 3.63) is 23.9 Å². The quantitative estimate of drug-likeness (QED) is 0.747. The molecule has 3 aliphatic rings. The number of amides is 1. The maximum atomic E-state index is 12.7. The lowest BCUT2D eigenvalue weighted by molar-refractivity contribution is -0.144. The summed E-state index contributed by atoms with van der Waals surface area (Å²) in [6, 6.07) is 0. The Morgan fingerprint density at radius 3 is 2.83 bits per heavy atom. The fourth-order valence-corrected chi connectivity index (χ4v) is 3.90. The van der Waals surface area contributed by atoms with E-state index in [0.717, 1.165) is 0 Å². The van der Waals surface area contributed by atoms with Crippen LogP contribution < -0.4 is 0 Å². The summed E-state index contributed by atoms with van der Waals surface area (Å²) in [5.41, 5.74) is 0.196. The molecule has 0 aromatic carbocycles. The number of carbonyl (C=O) groups is 2. The summed E-state index contributed by atoms with van der Waals surface area (Å²) in [6.07, 6.45) is 6.03. The lowest BCUT2D eigenvalue weighted by atomic mass is 9.97. The number of rotatable bonds is 2. The van der Waals surface area contributed by atoms with Crippen LogP contribution in [0.2, 0.25) is 0 Å². The lowest BCUT2D eigenvalue weighted by Gasteiger charge is -2.34. The first-order valence-electron chi connectivity index (χ1n) is 7.37. The average Bonchev–Trinajstić information content (AvgIpc) is 2.53. The van der Waals surface area contributed by atoms with E-state index in [4.69, 9.17) is 5.11 Å². The molecule has 0 spiro atoms. The molecule has 0 saturated carbocycles. The molecule has 23 heavy (non-hydrogen) atoms. The second kappa shape index (κ2) is 5.80. The number of nitrogens with zero attached hydrogens (tertiary/aromatic N) is 3. The van der Waals surface area contributed by atoms with Gasteiger partial charge in [-0.1, -0.05) is 0 Å². The van der Waals surface area contributed by atoms with Gasteiger partial charge in [-0.2, -0.15) is 0 Å². The molecule has 1 amide bonds. The molecule has 8 nitrogen and oxygen atoms in total. The highest BCUT2D eigenvalue weighted by Crippen LogP contribution is 2.23. The topological polar surface area (TPSA) is 107 Å². The molecule has 1 saturated heterocycles. The Morgan fingerprint density at radius 1 is 1.30 bits per heavy atom. The zero-order valence-corrected chi connectivity index (χ0v) is 13.2. The Labute approximate surface area is 133 Å². The van der Waals surface area contributed by atoms with Gasteiger partial charge in [0.25, 0.3) is 15.9 Å². The lowest BCUT2D eigenvalue weighted by Crippen LogP contribution is -2.47. The molecule has 124 valence electrons. The molecule has 0 radical (unpaired) electrons. The number of aliphatic carboxylic acids is 1. The van der Waals surface area contributed by atoms with E-state index in [1.807, 2.05) is 0 Å². The number of fused-ring (bicyclic) bond motifs is 1. The Bertz CT molecular complexity index is 738. The first kappa shape index (κ1) is 15.7. The maximum absolute atomic E-state index is 12.7. The summed E-state index contributed by atoms with van der Waals surface area (Å²) in [6.45, 7) is 0.846. The van der Waals surface area contributed by atoms with Crippen molar-refractivity contribution in [2.75, 3.05) is 25.4 Å². The molecular weight excluding hydrogens is 322 g/mol. The average molecular weight is 339 g/mol. The summed E-state index contributed by atoms with van der Waals surface area (Å²) >= 11 is 0. The predicted octanol–water partition coefficient (Wildman–Crippen LogP) is -0.193. The second-order valence-electron chi connectivity index (χ2n) is 5.74. The zero-order chi connectivity index (χ0) is 16.6. The van der Waals surface area contributed by atoms with Crippen LogP contribution in [0.15, 0.2) is 28.3 Å². The second-order valence-corrected chi connectivity index (χ2v) is 7.50. The third-order valence-electron chi connectivity index (χ3n) is 4.15. The fraction of sp³-hybridized carbons (Fsp3) is 0.500. The molecule has 1 atom stereocenters. The SMILES string of the molecule is O=C(O)[C@H]1CCCN(C(=O)C2=CC=CN3CCS(=O)(=O)N=C23)C1. The van der Waals surface area contributed by atoms with E-state index in [9.17, 15) is 18.0 Å². The number of carbonyl (C=O) groups excluding carboxylic acids is 1. The van der Waals surface area contributed by atoms with Gasteiger partial charge in [0.05, 0.1) is 17.2 Å². The molecule has 3 rings (SSSR count). The number of carboxylic acids is 1. The maximum Gasteiger partial charge on any atom is 0.308 e. The van der Waals surface area contributed by atoms with Gasteiger partial charge in [0.15, 0.2) is 5.84 Å². The molecule has 1 N–H and O–H groups in total. The van der Waals surface area contributed by atoms with E-state index in [1.54, 1.807) is 17.2 Å². The van der Waals surface area contributed by atoms with Gasteiger partial charge in [0.2, 0.25) is 0 Å². The van der Waals surface area contributed by atoms with E-state index in [1.165, 1.54) is 11.0 Å². The number of carboxylic acid groups (broad SMARTS) is 1. The molecule has 0 aromatic heterocycles. The minimum atomic E-state index is -3.57. The van der Waals surface area contributed by atoms with Gasteiger partial charge in [-0.05, 0) is 25.0 Å². The first-order valence-corrected chi connectivity index (χ1v) is 8.98. The van der Waals surface area contributed by atoms with Crippen LogP contribution in [0.1, 0.15) is 12.8 Å². The Balaban J connectivity index is 1.86. The van der Waals surface area contributed by atoms with Crippen molar-refractivity contribution in [3.8, 4) is 0 Å². The van der Waals surface area contributed by atoms with Crippen LogP contribution in [0, 0.1) is 5.92 Å². The summed E-state index contributed by atoms with van der Waals surface area (Å²) in [5, 5.41) is 9.13. The number of hydrogen-bond donors (Lipinski definition) is 1. The molecule has 0 unspecified atom stereocenters. The van der Waals surface area contributed by atoms with E-state index in [0.29, 0.717) is 19.4 Å². The van der Waals surface area contributed by atoms with Gasteiger partial charge < -0.3 is 14.9 Å². The van der Waals surface area contributed by atoms with Crippen LogP contribution in [0.4, 0.5) is 0 Å². The van der Waals surface area contributed by atoms with Crippen LogP contribution in [-0.4, -0.2) is 66.4 Å². The van der Waals surface area contributed by atoms with Crippen molar-refractivity contribution in [2.24, 2.45) is 10.3 Å². The van der Waals surface area contributed by atoms with Gasteiger partial charge >= 0.3 is 5.97 Å². The molecule has 1 fully saturated rings. The Kier molecular flexibility index (Phi) is 3.97. The van der Waals surface area contributed by atoms with Crippen LogP contribution in [0.5, 0.6) is 0 Å². The molecule has 0 aromatic rings. The van der Waals surface area contributed by atoms with Gasteiger partial charge in [0, 0.05) is 25.8 Å². The van der Waals surface area contributed by atoms with Crippen molar-refractivity contribution in [1.29, 1.82) is 0 Å². The zero-order valence-electron chi connectivity index (χ0n) is 12.4. The van der Waals surface area contributed by atoms with Gasteiger partial charge in [0.1, 0.15) is 0 Å². The van der Waals surface area contributed by atoms with Crippen molar-refractivity contribution in [1.82, 2.24) is 9.80 Å². The van der Waals surface area contributed by atoms with Crippen LogP contribution in [0.3, 0.4) is 0 Å². The van der Waals surface area contributed by atoms with E-state index in [2.05, 4.69) is 4.40 Å². The standard InChI is InChI=1S/C14H17N3O5S/c18-13(17-6-1-3-10(9-17)14(19)20)11-4-2-5-16-7-8-23(21,22)15-12(11)16/h2,4-5,10H,1,3,6-9H2,(H,19,20)/t10-/m0/s1. The number of allylic oxidation sites excluding steroid dienone is 2. The monoisotopic (exact) mass is 339 g/mol. The largest absolute Gasteiger partial charge is 0.481 e. The number of sulfonamides is 1. The number of likely N-dealkylation sites (tertiary alicyclic amines) is 1. The van der Waals surface area contributed by atoms with Crippen molar-refractivity contribution in [3.63, 3.8) is 0 Å². The third-order valence-corrected chi connectivity index (χ3v) is 5.30. The summed E-state index contributed by atoms with van der Waals surface area (Å²) in [7, 11) is -3.57. The highest BCUT2D eigenvalue weighted by Gasteiger charge is 2.34. The highest BCUT2D eigenvalue weighted by molar-refractivity contribution is 7.90. The Hall–Kier alpha value is -2.16. The number of piperidine rings is 1. The van der Waals surface area contributed by atoms with E-state index < -0.39 is 21.9 Å². The summed E-state index contributed by atoms with van der Waals surface area (Å²) < 4.78 is 27.2. The smallest absolute Gasteiger partial charge is 0.308 e. The van der Waals surface area contributed by atoms with Gasteiger partial charge in [-0.25, -0.2) is 8.42 Å².